The Morgan fingerprint density at radius 2 is 2.06 bits per heavy atom. The second kappa shape index (κ2) is 4.62. The number of aromatic amines is 1. The van der Waals surface area contributed by atoms with Gasteiger partial charge in [-0.1, -0.05) is 12.1 Å². The van der Waals surface area contributed by atoms with E-state index in [2.05, 4.69) is 9.97 Å². The first-order chi connectivity index (χ1) is 8.09. The van der Waals surface area contributed by atoms with Gasteiger partial charge < -0.3 is 4.98 Å². The molecule has 2 rings (SSSR count). The molecule has 1 aromatic heterocycles. The second-order valence-corrected chi connectivity index (χ2v) is 4.35. The molecule has 0 bridgehead atoms. The number of nitrogens with one attached hydrogen (secondary N) is 1. The van der Waals surface area contributed by atoms with Crippen LogP contribution in [0.2, 0.25) is 0 Å². The van der Waals surface area contributed by atoms with Gasteiger partial charge in [0.25, 0.3) is 11.2 Å². The Balaban J connectivity index is 2.64. The van der Waals surface area contributed by atoms with E-state index < -0.39 is 4.92 Å². The molecule has 7 heteroatoms. The molecule has 0 aliphatic heterocycles. The predicted molar refractivity (Wildman–Crippen MR) is 69.7 cm³/mol. The van der Waals surface area contributed by atoms with Gasteiger partial charge in [0, 0.05) is 12.3 Å². The van der Waals surface area contributed by atoms with E-state index in [1.807, 2.05) is 22.6 Å². The fourth-order valence-electron chi connectivity index (χ4n) is 1.35. The zero-order chi connectivity index (χ0) is 12.4. The van der Waals surface area contributed by atoms with Crippen molar-refractivity contribution >= 4 is 28.3 Å². The van der Waals surface area contributed by atoms with Crippen LogP contribution in [0, 0.1) is 13.7 Å². The number of halogens is 1. The van der Waals surface area contributed by atoms with Gasteiger partial charge in [0.1, 0.15) is 5.82 Å². The Labute approximate surface area is 109 Å². The van der Waals surface area contributed by atoms with E-state index >= 15 is 0 Å². The largest absolute Gasteiger partial charge is 0.305 e. The molecule has 0 aliphatic rings. The van der Waals surface area contributed by atoms with E-state index in [-0.39, 0.29) is 17.1 Å². The molecule has 0 atom stereocenters. The van der Waals surface area contributed by atoms with Crippen molar-refractivity contribution in [3.63, 3.8) is 0 Å². The van der Waals surface area contributed by atoms with E-state index in [0.717, 1.165) is 0 Å². The van der Waals surface area contributed by atoms with Crippen molar-refractivity contribution in [2.24, 2.45) is 0 Å². The fourth-order valence-corrected chi connectivity index (χ4v) is 1.62. The maximum absolute atomic E-state index is 11.4. The summed E-state index contributed by atoms with van der Waals surface area (Å²) in [5.41, 5.74) is -0.100. The molecule has 17 heavy (non-hydrogen) atoms. The summed E-state index contributed by atoms with van der Waals surface area (Å²) >= 11 is 1.84. The molecule has 0 spiro atoms. The molecule has 1 heterocycles. The third-order valence-electron chi connectivity index (χ3n) is 2.11. The van der Waals surface area contributed by atoms with Crippen LogP contribution in [0.1, 0.15) is 0 Å². The molecular weight excluding hydrogens is 337 g/mol. The topological polar surface area (TPSA) is 88.9 Å². The lowest BCUT2D eigenvalue weighted by atomic mass is 10.1. The molecule has 1 aromatic carbocycles. The molecule has 0 fully saturated rings. The van der Waals surface area contributed by atoms with E-state index in [1.54, 1.807) is 18.2 Å². The lowest BCUT2D eigenvalue weighted by Gasteiger charge is -2.01. The normalized spacial score (nSPS) is 10.2. The predicted octanol–water partition coefficient (Wildman–Crippen LogP) is 1.95. The average molecular weight is 343 g/mol. The van der Waals surface area contributed by atoms with Gasteiger partial charge in [-0.15, -0.1) is 0 Å². The monoisotopic (exact) mass is 343 g/mol. The Morgan fingerprint density at radius 3 is 2.71 bits per heavy atom. The Bertz CT molecular complexity index is 639. The number of H-pyrrole nitrogens is 1. The molecule has 0 unspecified atom stereocenters. The van der Waals surface area contributed by atoms with Crippen molar-refractivity contribution in [3.8, 4) is 11.4 Å². The molecule has 6 nitrogen and oxygen atoms in total. The summed E-state index contributed by atoms with van der Waals surface area (Å²) in [4.78, 5) is 28.2. The summed E-state index contributed by atoms with van der Waals surface area (Å²) in [7, 11) is 0. The highest BCUT2D eigenvalue weighted by Crippen LogP contribution is 2.25. The molecular formula is C10H6IN3O3. The second-order valence-electron chi connectivity index (χ2n) is 3.18. The summed E-state index contributed by atoms with van der Waals surface area (Å²) in [6.45, 7) is 0. The third-order valence-corrected chi connectivity index (χ3v) is 2.88. The van der Waals surface area contributed by atoms with E-state index in [1.165, 1.54) is 12.3 Å². The van der Waals surface area contributed by atoms with Crippen LogP contribution < -0.4 is 5.56 Å². The Hall–Kier alpha value is -1.77. The van der Waals surface area contributed by atoms with Crippen LogP contribution in [0.25, 0.3) is 11.4 Å². The van der Waals surface area contributed by atoms with Crippen LogP contribution in [-0.2, 0) is 0 Å². The van der Waals surface area contributed by atoms with Crippen LogP contribution in [0.3, 0.4) is 0 Å². The maximum Gasteiger partial charge on any atom is 0.280 e. The smallest absolute Gasteiger partial charge is 0.280 e. The van der Waals surface area contributed by atoms with Crippen molar-refractivity contribution in [2.45, 2.75) is 0 Å². The van der Waals surface area contributed by atoms with Crippen LogP contribution >= 0.6 is 22.6 Å². The molecule has 86 valence electrons. The van der Waals surface area contributed by atoms with Gasteiger partial charge in [-0.05, 0) is 28.7 Å². The van der Waals surface area contributed by atoms with Gasteiger partial charge in [0.05, 0.1) is 14.1 Å². The molecule has 1 N–H and O–H groups in total. The minimum Gasteiger partial charge on any atom is -0.305 e. The van der Waals surface area contributed by atoms with Crippen molar-refractivity contribution in [1.82, 2.24) is 9.97 Å². The van der Waals surface area contributed by atoms with Crippen molar-refractivity contribution < 1.29 is 4.92 Å². The lowest BCUT2D eigenvalue weighted by Crippen LogP contribution is -2.11. The molecule has 0 saturated carbocycles. The summed E-state index contributed by atoms with van der Waals surface area (Å²) in [5, 5.41) is 10.8. The SMILES string of the molecule is O=c1[nH]c(-c2ccccc2[N+](=O)[O-])ncc1I. The van der Waals surface area contributed by atoms with Crippen LogP contribution in [0.5, 0.6) is 0 Å². The first kappa shape index (κ1) is 11.7. The van der Waals surface area contributed by atoms with E-state index in [0.29, 0.717) is 9.13 Å². The van der Waals surface area contributed by atoms with Crippen LogP contribution in [0.4, 0.5) is 5.69 Å². The van der Waals surface area contributed by atoms with Gasteiger partial charge in [0.2, 0.25) is 0 Å². The number of rotatable bonds is 2. The zero-order valence-electron chi connectivity index (χ0n) is 8.38. The molecule has 0 aliphatic carbocycles. The summed E-state index contributed by atoms with van der Waals surface area (Å²) in [6, 6.07) is 6.13. The molecule has 0 saturated heterocycles. The summed E-state index contributed by atoms with van der Waals surface area (Å²) in [6.07, 6.45) is 1.38. The third kappa shape index (κ3) is 2.33. The van der Waals surface area contributed by atoms with Gasteiger partial charge in [-0.3, -0.25) is 14.9 Å². The maximum atomic E-state index is 11.4. The lowest BCUT2D eigenvalue weighted by molar-refractivity contribution is -0.384. The Morgan fingerprint density at radius 1 is 1.35 bits per heavy atom. The first-order valence-corrected chi connectivity index (χ1v) is 5.66. The molecule has 2 aromatic rings. The highest BCUT2D eigenvalue weighted by Gasteiger charge is 2.16. The number of nitrogens with zero attached hydrogens (tertiary/aromatic N) is 2. The number of benzene rings is 1. The molecule has 0 radical (unpaired) electrons. The highest BCUT2D eigenvalue weighted by atomic mass is 127. The number of nitro groups is 1. The summed E-state index contributed by atoms with van der Waals surface area (Å²) < 4.78 is 0.435. The van der Waals surface area contributed by atoms with Crippen molar-refractivity contribution in [1.29, 1.82) is 0 Å². The van der Waals surface area contributed by atoms with Crippen LogP contribution in [0.15, 0.2) is 35.3 Å². The molecule has 0 amide bonds. The van der Waals surface area contributed by atoms with Gasteiger partial charge in [0.15, 0.2) is 0 Å². The number of aromatic nitrogens is 2. The fraction of sp³-hybridized carbons (Fsp3) is 0. The highest BCUT2D eigenvalue weighted by molar-refractivity contribution is 14.1. The van der Waals surface area contributed by atoms with Crippen molar-refractivity contribution in [3.05, 3.63) is 54.5 Å². The van der Waals surface area contributed by atoms with E-state index in [4.69, 9.17) is 0 Å². The first-order valence-electron chi connectivity index (χ1n) is 4.58. The minimum absolute atomic E-state index is 0.0862. The zero-order valence-corrected chi connectivity index (χ0v) is 10.5. The van der Waals surface area contributed by atoms with Gasteiger partial charge in [-0.2, -0.15) is 0 Å². The standard InChI is InChI=1S/C10H6IN3O3/c11-7-5-12-9(13-10(7)15)6-3-1-2-4-8(6)14(16)17/h1-5H,(H,12,13,15). The Kier molecular flexibility index (Phi) is 3.18. The average Bonchev–Trinajstić information content (AvgIpc) is 2.32. The van der Waals surface area contributed by atoms with E-state index in [9.17, 15) is 14.9 Å². The number of para-hydroxylation sites is 1. The quantitative estimate of drug-likeness (QED) is 0.513. The number of nitro benzene ring substituents is 1. The van der Waals surface area contributed by atoms with Gasteiger partial charge in [-0.25, -0.2) is 4.98 Å². The van der Waals surface area contributed by atoms with Gasteiger partial charge >= 0.3 is 0 Å². The number of hydrogen-bond donors (Lipinski definition) is 1. The summed E-state index contributed by atoms with van der Waals surface area (Å²) in [5.74, 6) is 0.197. The minimum atomic E-state index is -0.507. The number of hydrogen-bond acceptors (Lipinski definition) is 4. The van der Waals surface area contributed by atoms with Crippen molar-refractivity contribution in [2.75, 3.05) is 0 Å². The van der Waals surface area contributed by atoms with Crippen LogP contribution in [-0.4, -0.2) is 14.9 Å².